The van der Waals surface area contributed by atoms with Crippen LogP contribution < -0.4 is 5.32 Å². The van der Waals surface area contributed by atoms with Crippen molar-refractivity contribution in [3.05, 3.63) is 35.6 Å². The zero-order valence-corrected chi connectivity index (χ0v) is 14.1. The van der Waals surface area contributed by atoms with E-state index in [4.69, 9.17) is 4.74 Å². The Morgan fingerprint density at radius 2 is 1.92 bits per heavy atom. The number of hydrogen-bond donors (Lipinski definition) is 2. The first-order valence-electron chi connectivity index (χ1n) is 8.04. The van der Waals surface area contributed by atoms with Gasteiger partial charge in [0.25, 0.3) is 0 Å². The summed E-state index contributed by atoms with van der Waals surface area (Å²) >= 11 is 0. The average molecular weight is 335 g/mol. The molecule has 0 spiro atoms. The minimum absolute atomic E-state index is 0.147. The van der Waals surface area contributed by atoms with Crippen LogP contribution in [0, 0.1) is 11.2 Å². The third kappa shape index (κ3) is 2.74. The number of rotatable bonds is 4. The molecule has 0 aliphatic heterocycles. The minimum Gasteiger partial charge on any atom is -0.480 e. The summed E-state index contributed by atoms with van der Waals surface area (Å²) in [7, 11) is 0. The Hall–Kier alpha value is -2.11. The van der Waals surface area contributed by atoms with E-state index in [0.717, 1.165) is 5.56 Å². The fourth-order valence-electron chi connectivity index (χ4n) is 4.20. The molecule has 0 radical (unpaired) electrons. The quantitative estimate of drug-likeness (QED) is 0.886. The molecule has 3 aliphatic carbocycles. The zero-order valence-electron chi connectivity index (χ0n) is 14.1. The lowest BCUT2D eigenvalue weighted by atomic mass is 9.31. The molecular formula is C18H22FNO4. The first-order valence-corrected chi connectivity index (χ1v) is 8.04. The number of halogens is 1. The highest BCUT2D eigenvalue weighted by molar-refractivity contribution is 5.82. The van der Waals surface area contributed by atoms with Crippen LogP contribution in [0.25, 0.3) is 0 Å². The second-order valence-electron chi connectivity index (χ2n) is 8.10. The van der Waals surface area contributed by atoms with Crippen molar-refractivity contribution in [1.82, 2.24) is 5.32 Å². The van der Waals surface area contributed by atoms with Crippen molar-refractivity contribution >= 4 is 12.1 Å². The summed E-state index contributed by atoms with van der Waals surface area (Å²) in [6.07, 6.45) is 1.18. The molecule has 2 bridgehead atoms. The van der Waals surface area contributed by atoms with Crippen LogP contribution in [0.3, 0.4) is 0 Å². The van der Waals surface area contributed by atoms with E-state index < -0.39 is 29.1 Å². The van der Waals surface area contributed by atoms with Gasteiger partial charge in [0.05, 0.1) is 0 Å². The third-order valence-corrected chi connectivity index (χ3v) is 5.03. The molecule has 6 heteroatoms. The van der Waals surface area contributed by atoms with E-state index in [-0.39, 0.29) is 11.2 Å². The highest BCUT2D eigenvalue weighted by Gasteiger charge is 2.72. The van der Waals surface area contributed by atoms with Crippen molar-refractivity contribution < 1.29 is 23.8 Å². The fraction of sp³-hybridized carbons (Fsp3) is 0.556. The van der Waals surface area contributed by atoms with E-state index in [1.54, 1.807) is 26.8 Å². The summed E-state index contributed by atoms with van der Waals surface area (Å²) in [6.45, 7) is 5.17. The Morgan fingerprint density at radius 3 is 2.42 bits per heavy atom. The number of hydrogen-bond acceptors (Lipinski definition) is 3. The number of benzene rings is 1. The first-order chi connectivity index (χ1) is 11.1. The topological polar surface area (TPSA) is 75.6 Å². The number of amides is 1. The van der Waals surface area contributed by atoms with Gasteiger partial charge in [-0.05, 0) is 63.1 Å². The molecule has 0 saturated heterocycles. The highest BCUT2D eigenvalue weighted by Crippen LogP contribution is 2.74. The summed E-state index contributed by atoms with van der Waals surface area (Å²) in [5.41, 5.74) is -0.388. The van der Waals surface area contributed by atoms with Gasteiger partial charge in [0.2, 0.25) is 0 Å². The van der Waals surface area contributed by atoms with Gasteiger partial charge in [-0.3, -0.25) is 0 Å². The van der Waals surface area contributed by atoms with Gasteiger partial charge in [-0.25, -0.2) is 14.0 Å². The molecule has 2 N–H and O–H groups in total. The molecule has 3 saturated carbocycles. The van der Waals surface area contributed by atoms with Gasteiger partial charge >= 0.3 is 12.1 Å². The largest absolute Gasteiger partial charge is 0.480 e. The van der Waals surface area contributed by atoms with Crippen molar-refractivity contribution in [3.8, 4) is 0 Å². The lowest BCUT2D eigenvalue weighted by Gasteiger charge is -2.72. The van der Waals surface area contributed by atoms with Gasteiger partial charge in [-0.1, -0.05) is 12.1 Å². The van der Waals surface area contributed by atoms with Crippen LogP contribution in [0.5, 0.6) is 0 Å². The molecule has 24 heavy (non-hydrogen) atoms. The first kappa shape index (κ1) is 16.7. The second kappa shape index (κ2) is 5.19. The Morgan fingerprint density at radius 1 is 1.29 bits per heavy atom. The molecule has 3 aliphatic rings. The summed E-state index contributed by atoms with van der Waals surface area (Å²) in [5.74, 6) is -1.35. The molecule has 1 aromatic rings. The van der Waals surface area contributed by atoms with Crippen molar-refractivity contribution in [1.29, 1.82) is 0 Å². The Kier molecular flexibility index (Phi) is 3.62. The highest BCUT2D eigenvalue weighted by atomic mass is 19.1. The summed E-state index contributed by atoms with van der Waals surface area (Å²) in [5, 5.41) is 12.0. The van der Waals surface area contributed by atoms with Crippen molar-refractivity contribution in [2.45, 2.75) is 57.1 Å². The van der Waals surface area contributed by atoms with Gasteiger partial charge in [-0.2, -0.15) is 0 Å². The lowest BCUT2D eigenvalue weighted by Crippen LogP contribution is -2.73. The molecule has 5 nitrogen and oxygen atoms in total. The zero-order chi connectivity index (χ0) is 17.8. The summed E-state index contributed by atoms with van der Waals surface area (Å²) in [6, 6.07) is 5.48. The van der Waals surface area contributed by atoms with Crippen molar-refractivity contribution in [3.63, 3.8) is 0 Å². The van der Waals surface area contributed by atoms with Gasteiger partial charge in [-0.15, -0.1) is 0 Å². The lowest BCUT2D eigenvalue weighted by molar-refractivity contribution is -0.183. The average Bonchev–Trinajstić information content (AvgIpc) is 2.32. The maximum atomic E-state index is 13.4. The van der Waals surface area contributed by atoms with Crippen LogP contribution in [0.15, 0.2) is 24.3 Å². The van der Waals surface area contributed by atoms with E-state index in [2.05, 4.69) is 5.32 Å². The predicted molar refractivity (Wildman–Crippen MR) is 85.2 cm³/mol. The maximum absolute atomic E-state index is 13.4. The van der Waals surface area contributed by atoms with Gasteiger partial charge in [0.1, 0.15) is 17.5 Å². The number of carboxylic acid groups (broad SMARTS) is 1. The fourth-order valence-corrected chi connectivity index (χ4v) is 4.20. The number of carbonyl (C=O) groups excluding carboxylic acids is 1. The number of carboxylic acids is 1. The Bertz CT molecular complexity index is 675. The number of ether oxygens (including phenoxy) is 1. The summed E-state index contributed by atoms with van der Waals surface area (Å²) < 4.78 is 18.6. The molecule has 4 rings (SSSR count). The van der Waals surface area contributed by atoms with Crippen molar-refractivity contribution in [2.75, 3.05) is 0 Å². The SMILES string of the molecule is CC(C)(C)OC(=O)NC(C(=O)O)C12CC(c3cccc(F)c3)(C1)C2. The van der Waals surface area contributed by atoms with E-state index in [1.165, 1.54) is 12.1 Å². The third-order valence-electron chi connectivity index (χ3n) is 5.03. The van der Waals surface area contributed by atoms with Gasteiger partial charge in [0.15, 0.2) is 0 Å². The van der Waals surface area contributed by atoms with E-state index in [9.17, 15) is 19.1 Å². The predicted octanol–water partition coefficient (Wildman–Crippen LogP) is 3.23. The van der Waals surface area contributed by atoms with E-state index >= 15 is 0 Å². The van der Waals surface area contributed by atoms with Crippen LogP contribution >= 0.6 is 0 Å². The van der Waals surface area contributed by atoms with Gasteiger partial charge in [0, 0.05) is 5.41 Å². The summed E-state index contributed by atoms with van der Waals surface area (Å²) in [4.78, 5) is 23.6. The van der Waals surface area contributed by atoms with Crippen LogP contribution in [0.4, 0.5) is 9.18 Å². The smallest absolute Gasteiger partial charge is 0.408 e. The molecule has 130 valence electrons. The number of nitrogens with one attached hydrogen (secondary N) is 1. The Balaban J connectivity index is 1.68. The number of carbonyl (C=O) groups is 2. The van der Waals surface area contributed by atoms with Crippen LogP contribution in [-0.4, -0.2) is 28.8 Å². The Labute approximate surface area is 140 Å². The maximum Gasteiger partial charge on any atom is 0.408 e. The van der Waals surface area contributed by atoms with Crippen molar-refractivity contribution in [2.24, 2.45) is 5.41 Å². The molecule has 3 fully saturated rings. The second-order valence-corrected chi connectivity index (χ2v) is 8.10. The molecule has 1 aromatic carbocycles. The standard InChI is InChI=1S/C18H22FNO4/c1-16(2,3)24-15(23)20-13(14(21)22)18-8-17(9-18,10-18)11-5-4-6-12(19)7-11/h4-7,13H,8-10H2,1-3H3,(H,20,23)(H,21,22). The molecular weight excluding hydrogens is 313 g/mol. The molecule has 0 heterocycles. The van der Waals surface area contributed by atoms with Crippen LogP contribution in [0.2, 0.25) is 0 Å². The number of alkyl carbamates (subject to hydrolysis) is 1. The number of aliphatic carboxylic acids is 1. The van der Waals surface area contributed by atoms with Gasteiger partial charge < -0.3 is 15.2 Å². The molecule has 1 atom stereocenters. The monoisotopic (exact) mass is 335 g/mol. The molecule has 0 aromatic heterocycles. The molecule has 1 unspecified atom stereocenters. The van der Waals surface area contributed by atoms with E-state index in [0.29, 0.717) is 19.3 Å². The minimum atomic E-state index is -1.06. The normalized spacial score (nSPS) is 29.0. The van der Waals surface area contributed by atoms with Crippen LogP contribution in [-0.2, 0) is 14.9 Å². The van der Waals surface area contributed by atoms with E-state index in [1.807, 2.05) is 6.07 Å². The molecule has 1 amide bonds. The van der Waals surface area contributed by atoms with Crippen LogP contribution in [0.1, 0.15) is 45.6 Å².